The second-order valence-corrected chi connectivity index (χ2v) is 2.79. The standard InChI is InChI=1S/C9H5ClFNO2/c10-3-9(14)6-2-8(13)7(11)1-5(6)4-12/h1-2,13H,3H2. The van der Waals surface area contributed by atoms with Crippen LogP contribution in [0.25, 0.3) is 0 Å². The number of benzene rings is 1. The molecule has 0 spiro atoms. The van der Waals surface area contributed by atoms with Crippen LogP contribution in [0.4, 0.5) is 4.39 Å². The molecule has 0 aliphatic carbocycles. The number of carbonyl (C=O) groups excluding carboxylic acids is 1. The van der Waals surface area contributed by atoms with E-state index in [4.69, 9.17) is 22.0 Å². The van der Waals surface area contributed by atoms with Gasteiger partial charge in [0.15, 0.2) is 17.3 Å². The minimum Gasteiger partial charge on any atom is -0.505 e. The van der Waals surface area contributed by atoms with Gasteiger partial charge in [0, 0.05) is 5.56 Å². The van der Waals surface area contributed by atoms with Gasteiger partial charge in [-0.1, -0.05) is 0 Å². The Balaban J connectivity index is 3.36. The van der Waals surface area contributed by atoms with E-state index >= 15 is 0 Å². The molecule has 0 aliphatic heterocycles. The third-order valence-corrected chi connectivity index (χ3v) is 1.87. The predicted octanol–water partition coefficient (Wildman–Crippen LogP) is 1.82. The highest BCUT2D eigenvalue weighted by molar-refractivity contribution is 6.30. The highest BCUT2D eigenvalue weighted by Crippen LogP contribution is 2.21. The smallest absolute Gasteiger partial charge is 0.179 e. The number of rotatable bonds is 2. The average Bonchev–Trinajstić information content (AvgIpc) is 2.20. The van der Waals surface area contributed by atoms with Gasteiger partial charge in [-0.15, -0.1) is 11.6 Å². The Bertz CT molecular complexity index is 426. The van der Waals surface area contributed by atoms with E-state index in [2.05, 4.69) is 0 Å². The molecule has 0 aliphatic rings. The number of ketones is 1. The number of alkyl halides is 1. The van der Waals surface area contributed by atoms with Crippen molar-refractivity contribution in [2.75, 3.05) is 5.88 Å². The number of phenols is 1. The molecule has 1 aromatic rings. The lowest BCUT2D eigenvalue weighted by molar-refractivity contribution is 0.102. The van der Waals surface area contributed by atoms with Crippen LogP contribution in [0.3, 0.4) is 0 Å². The molecule has 1 aromatic carbocycles. The van der Waals surface area contributed by atoms with Gasteiger partial charge in [-0.05, 0) is 12.1 Å². The topological polar surface area (TPSA) is 61.1 Å². The van der Waals surface area contributed by atoms with Crippen LogP contribution in [0.5, 0.6) is 5.75 Å². The van der Waals surface area contributed by atoms with E-state index < -0.39 is 17.3 Å². The molecule has 0 heterocycles. The zero-order valence-corrected chi connectivity index (χ0v) is 7.68. The largest absolute Gasteiger partial charge is 0.505 e. The van der Waals surface area contributed by atoms with Crippen LogP contribution >= 0.6 is 11.6 Å². The van der Waals surface area contributed by atoms with Crippen LogP contribution in [-0.2, 0) is 0 Å². The first kappa shape index (κ1) is 10.5. The molecule has 0 radical (unpaired) electrons. The van der Waals surface area contributed by atoms with Gasteiger partial charge in [0.2, 0.25) is 0 Å². The average molecular weight is 214 g/mol. The second-order valence-electron chi connectivity index (χ2n) is 2.52. The van der Waals surface area contributed by atoms with E-state index in [1.54, 1.807) is 6.07 Å². The molecule has 14 heavy (non-hydrogen) atoms. The van der Waals surface area contributed by atoms with Crippen LogP contribution in [-0.4, -0.2) is 16.8 Å². The van der Waals surface area contributed by atoms with Gasteiger partial charge in [0.1, 0.15) is 0 Å². The molecule has 3 nitrogen and oxygen atoms in total. The molecule has 0 aromatic heterocycles. The maximum atomic E-state index is 12.8. The minimum atomic E-state index is -0.937. The summed E-state index contributed by atoms with van der Waals surface area (Å²) >= 11 is 5.27. The normalized spacial score (nSPS) is 9.50. The van der Waals surface area contributed by atoms with Crippen molar-refractivity contribution in [1.82, 2.24) is 0 Å². The summed E-state index contributed by atoms with van der Waals surface area (Å²) in [7, 11) is 0. The Labute approximate surface area is 84.3 Å². The first-order valence-electron chi connectivity index (χ1n) is 3.62. The molecule has 0 saturated carbocycles. The van der Waals surface area contributed by atoms with Gasteiger partial charge >= 0.3 is 0 Å². The van der Waals surface area contributed by atoms with Gasteiger partial charge < -0.3 is 5.11 Å². The van der Waals surface area contributed by atoms with E-state index in [9.17, 15) is 9.18 Å². The number of Topliss-reactive ketones (excluding diaryl/α,β-unsaturated/α-hetero) is 1. The lowest BCUT2D eigenvalue weighted by atomic mass is 10.0. The van der Waals surface area contributed by atoms with Crippen LogP contribution in [0.15, 0.2) is 12.1 Å². The first-order chi connectivity index (χ1) is 6.60. The van der Waals surface area contributed by atoms with Crippen molar-refractivity contribution in [3.63, 3.8) is 0 Å². The van der Waals surface area contributed by atoms with Gasteiger partial charge in [-0.3, -0.25) is 4.79 Å². The number of phenolic OH excluding ortho intramolecular Hbond substituents is 1. The summed E-state index contributed by atoms with van der Waals surface area (Å²) in [4.78, 5) is 11.1. The number of hydrogen-bond donors (Lipinski definition) is 1. The fourth-order valence-electron chi connectivity index (χ4n) is 0.957. The van der Waals surface area contributed by atoms with Gasteiger partial charge in [-0.2, -0.15) is 5.26 Å². The van der Waals surface area contributed by atoms with Gasteiger partial charge in [0.05, 0.1) is 17.5 Å². The summed E-state index contributed by atoms with van der Waals surface area (Å²) in [5.41, 5.74) is -0.202. The lowest BCUT2D eigenvalue weighted by Crippen LogP contribution is -2.03. The minimum absolute atomic E-state index is 0.0681. The number of carbonyl (C=O) groups is 1. The zero-order valence-electron chi connectivity index (χ0n) is 6.92. The maximum Gasteiger partial charge on any atom is 0.179 e. The fraction of sp³-hybridized carbons (Fsp3) is 0.111. The Morgan fingerprint density at radius 1 is 1.64 bits per heavy atom. The van der Waals surface area contributed by atoms with E-state index in [-0.39, 0.29) is 17.0 Å². The zero-order chi connectivity index (χ0) is 10.7. The Morgan fingerprint density at radius 3 is 2.79 bits per heavy atom. The number of halogens is 2. The molecule has 0 atom stereocenters. The first-order valence-corrected chi connectivity index (χ1v) is 4.15. The summed E-state index contributed by atoms with van der Waals surface area (Å²) in [6.07, 6.45) is 0. The fourth-order valence-corrected chi connectivity index (χ4v) is 1.10. The monoisotopic (exact) mass is 213 g/mol. The summed E-state index contributed by atoms with van der Waals surface area (Å²) in [6, 6.07) is 3.35. The quantitative estimate of drug-likeness (QED) is 0.602. The Morgan fingerprint density at radius 2 is 2.29 bits per heavy atom. The van der Waals surface area contributed by atoms with Crippen LogP contribution < -0.4 is 0 Å². The summed E-state index contributed by atoms with van der Waals surface area (Å²) in [5, 5.41) is 17.6. The van der Waals surface area contributed by atoms with E-state index in [0.717, 1.165) is 12.1 Å². The van der Waals surface area contributed by atoms with E-state index in [1.807, 2.05) is 0 Å². The van der Waals surface area contributed by atoms with Crippen LogP contribution in [0.2, 0.25) is 0 Å². The Hall–Kier alpha value is -1.60. The van der Waals surface area contributed by atoms with E-state index in [0.29, 0.717) is 0 Å². The van der Waals surface area contributed by atoms with Crippen LogP contribution in [0.1, 0.15) is 15.9 Å². The third-order valence-electron chi connectivity index (χ3n) is 1.63. The van der Waals surface area contributed by atoms with Gasteiger partial charge in [0.25, 0.3) is 0 Å². The summed E-state index contributed by atoms with van der Waals surface area (Å²) in [5.74, 6) is -2.46. The number of aromatic hydroxyl groups is 1. The molecule has 5 heteroatoms. The second kappa shape index (κ2) is 4.07. The molecule has 1 rings (SSSR count). The van der Waals surface area contributed by atoms with Crippen molar-refractivity contribution in [3.8, 4) is 11.8 Å². The van der Waals surface area contributed by atoms with Crippen molar-refractivity contribution >= 4 is 17.4 Å². The molecule has 0 bridgehead atoms. The third kappa shape index (κ3) is 1.83. The molecule has 0 fully saturated rings. The molecule has 0 amide bonds. The number of nitriles is 1. The molecular weight excluding hydrogens is 209 g/mol. The summed E-state index contributed by atoms with van der Waals surface area (Å²) in [6.45, 7) is 0. The Kier molecular flexibility index (Phi) is 3.05. The number of nitrogens with zero attached hydrogens (tertiary/aromatic N) is 1. The predicted molar refractivity (Wildman–Crippen MR) is 47.8 cm³/mol. The number of hydrogen-bond acceptors (Lipinski definition) is 3. The molecule has 0 unspecified atom stereocenters. The summed E-state index contributed by atoms with van der Waals surface area (Å²) < 4.78 is 12.8. The highest BCUT2D eigenvalue weighted by Gasteiger charge is 2.14. The molecule has 1 N–H and O–H groups in total. The lowest BCUT2D eigenvalue weighted by Gasteiger charge is -2.02. The van der Waals surface area contributed by atoms with Crippen molar-refractivity contribution in [3.05, 3.63) is 29.1 Å². The van der Waals surface area contributed by atoms with Crippen molar-refractivity contribution < 1.29 is 14.3 Å². The molecular formula is C9H5ClFNO2. The molecule has 0 saturated heterocycles. The molecule has 72 valence electrons. The van der Waals surface area contributed by atoms with Crippen molar-refractivity contribution in [2.24, 2.45) is 0 Å². The van der Waals surface area contributed by atoms with Crippen molar-refractivity contribution in [1.29, 1.82) is 5.26 Å². The van der Waals surface area contributed by atoms with Crippen LogP contribution in [0, 0.1) is 17.1 Å². The van der Waals surface area contributed by atoms with E-state index in [1.165, 1.54) is 0 Å². The van der Waals surface area contributed by atoms with Gasteiger partial charge in [-0.25, -0.2) is 4.39 Å². The SMILES string of the molecule is N#Cc1cc(F)c(O)cc1C(=O)CCl. The highest BCUT2D eigenvalue weighted by atomic mass is 35.5. The van der Waals surface area contributed by atoms with Crippen molar-refractivity contribution in [2.45, 2.75) is 0 Å². The maximum absolute atomic E-state index is 12.8.